The van der Waals surface area contributed by atoms with Crippen molar-refractivity contribution >= 4 is 11.6 Å². The molecule has 1 heterocycles. The van der Waals surface area contributed by atoms with Gasteiger partial charge in [0.1, 0.15) is 5.15 Å². The molecule has 2 fully saturated rings. The molecule has 2 aliphatic rings. The number of rotatable bonds is 3. The van der Waals surface area contributed by atoms with Gasteiger partial charge in [0.2, 0.25) is 0 Å². The molecule has 1 N–H and O–H groups in total. The Kier molecular flexibility index (Phi) is 3.53. The summed E-state index contributed by atoms with van der Waals surface area (Å²) in [4.78, 5) is 27.4. The van der Waals surface area contributed by atoms with E-state index in [-0.39, 0.29) is 27.7 Å². The van der Waals surface area contributed by atoms with E-state index >= 15 is 0 Å². The van der Waals surface area contributed by atoms with Gasteiger partial charge in [-0.15, -0.1) is 0 Å². The fraction of sp³-hybridized carbons (Fsp3) is 0.733. The summed E-state index contributed by atoms with van der Waals surface area (Å²) in [5.74, 6) is 0.215. The summed E-state index contributed by atoms with van der Waals surface area (Å²) >= 11 is 6.14. The van der Waals surface area contributed by atoms with Crippen molar-refractivity contribution in [2.24, 2.45) is 5.41 Å². The summed E-state index contributed by atoms with van der Waals surface area (Å²) in [7, 11) is 0. The zero-order valence-corrected chi connectivity index (χ0v) is 12.6. The van der Waals surface area contributed by atoms with Crippen LogP contribution in [-0.2, 0) is 6.54 Å². The van der Waals surface area contributed by atoms with Crippen LogP contribution in [0.4, 0.5) is 0 Å². The molecule has 20 heavy (non-hydrogen) atoms. The van der Waals surface area contributed by atoms with Crippen molar-refractivity contribution in [2.75, 3.05) is 0 Å². The monoisotopic (exact) mass is 296 g/mol. The van der Waals surface area contributed by atoms with Gasteiger partial charge in [-0.2, -0.15) is 0 Å². The third kappa shape index (κ3) is 2.34. The highest BCUT2D eigenvalue weighted by atomic mass is 35.5. The number of halogens is 1. The second-order valence-corrected chi connectivity index (χ2v) is 7.07. The van der Waals surface area contributed by atoms with Gasteiger partial charge in [0.15, 0.2) is 0 Å². The molecule has 0 spiro atoms. The number of hydrogen-bond donors (Lipinski definition) is 1. The number of nitrogens with one attached hydrogen (secondary N) is 1. The predicted octanol–water partition coefficient (Wildman–Crippen LogP) is 3.04. The molecule has 0 atom stereocenters. The van der Waals surface area contributed by atoms with Gasteiger partial charge in [0.05, 0.1) is 5.56 Å². The van der Waals surface area contributed by atoms with Crippen LogP contribution in [0.5, 0.6) is 0 Å². The minimum atomic E-state index is -0.366. The van der Waals surface area contributed by atoms with Gasteiger partial charge in [-0.05, 0) is 37.0 Å². The molecular formula is C15H21ClN2O2. The molecule has 0 unspecified atom stereocenters. The van der Waals surface area contributed by atoms with Crippen molar-refractivity contribution < 1.29 is 0 Å². The van der Waals surface area contributed by atoms with Gasteiger partial charge < -0.3 is 0 Å². The third-order valence-corrected chi connectivity index (χ3v) is 5.34. The number of H-pyrrole nitrogens is 1. The van der Waals surface area contributed by atoms with Crippen LogP contribution in [0.25, 0.3) is 0 Å². The molecule has 0 radical (unpaired) electrons. The molecule has 2 aliphatic carbocycles. The Morgan fingerprint density at radius 1 is 1.25 bits per heavy atom. The highest BCUT2D eigenvalue weighted by molar-refractivity contribution is 6.30. The van der Waals surface area contributed by atoms with Crippen LogP contribution in [0.3, 0.4) is 0 Å². The van der Waals surface area contributed by atoms with E-state index < -0.39 is 0 Å². The third-order valence-electron chi connectivity index (χ3n) is 5.04. The van der Waals surface area contributed by atoms with Crippen molar-refractivity contribution in [1.29, 1.82) is 0 Å². The van der Waals surface area contributed by atoms with Crippen LogP contribution in [0, 0.1) is 5.41 Å². The lowest BCUT2D eigenvalue weighted by Crippen LogP contribution is -2.44. The van der Waals surface area contributed by atoms with Gasteiger partial charge in [0.25, 0.3) is 5.56 Å². The second-order valence-electron chi connectivity index (χ2n) is 6.69. The van der Waals surface area contributed by atoms with Crippen LogP contribution in [0.15, 0.2) is 9.59 Å². The highest BCUT2D eigenvalue weighted by Crippen LogP contribution is 2.41. The standard InChI is InChI=1S/C15H21ClN2O2/c1-15(7-4-8-15)9-18-13(19)11(10-5-2-3-6-10)12(16)17-14(18)20/h10H,2-9H2,1H3,(H,17,20). The maximum Gasteiger partial charge on any atom is 0.329 e. The van der Waals surface area contributed by atoms with E-state index in [4.69, 9.17) is 11.6 Å². The molecule has 0 aromatic carbocycles. The van der Waals surface area contributed by atoms with Crippen LogP contribution in [0.2, 0.25) is 5.15 Å². The van der Waals surface area contributed by atoms with Crippen LogP contribution in [0.1, 0.15) is 63.4 Å². The number of aromatic nitrogens is 2. The van der Waals surface area contributed by atoms with Crippen LogP contribution in [-0.4, -0.2) is 9.55 Å². The van der Waals surface area contributed by atoms with E-state index in [2.05, 4.69) is 11.9 Å². The normalized spacial score (nSPS) is 21.9. The summed E-state index contributed by atoms with van der Waals surface area (Å²) in [6.07, 6.45) is 7.62. The molecule has 5 heteroatoms. The minimum absolute atomic E-state index is 0.0948. The fourth-order valence-electron chi connectivity index (χ4n) is 3.59. The summed E-state index contributed by atoms with van der Waals surface area (Å²) < 4.78 is 1.37. The Balaban J connectivity index is 2.03. The van der Waals surface area contributed by atoms with E-state index in [1.165, 1.54) is 11.0 Å². The largest absolute Gasteiger partial charge is 0.329 e. The molecule has 0 amide bonds. The lowest BCUT2D eigenvalue weighted by molar-refractivity contribution is 0.128. The van der Waals surface area contributed by atoms with Gasteiger partial charge in [-0.25, -0.2) is 4.79 Å². The molecule has 110 valence electrons. The Hall–Kier alpha value is -1.03. The summed E-state index contributed by atoms with van der Waals surface area (Å²) in [5.41, 5.74) is 0.192. The van der Waals surface area contributed by atoms with Crippen LogP contribution < -0.4 is 11.2 Å². The predicted molar refractivity (Wildman–Crippen MR) is 79.5 cm³/mol. The lowest BCUT2D eigenvalue weighted by Gasteiger charge is -2.38. The SMILES string of the molecule is CC1(Cn2c(=O)[nH]c(Cl)c(C3CCCC3)c2=O)CCC1. The number of nitrogens with zero attached hydrogens (tertiary/aromatic N) is 1. The number of hydrogen-bond acceptors (Lipinski definition) is 2. The Morgan fingerprint density at radius 3 is 2.45 bits per heavy atom. The average molecular weight is 297 g/mol. The Labute approximate surface area is 123 Å². The van der Waals surface area contributed by atoms with Gasteiger partial charge in [-0.1, -0.05) is 37.8 Å². The van der Waals surface area contributed by atoms with Crippen molar-refractivity contribution in [2.45, 2.75) is 64.3 Å². The highest BCUT2D eigenvalue weighted by Gasteiger charge is 2.34. The molecular weight excluding hydrogens is 276 g/mol. The quantitative estimate of drug-likeness (QED) is 0.872. The molecule has 4 nitrogen and oxygen atoms in total. The number of aromatic amines is 1. The molecule has 3 rings (SSSR count). The van der Waals surface area contributed by atoms with Crippen molar-refractivity contribution in [1.82, 2.24) is 9.55 Å². The molecule has 2 saturated carbocycles. The molecule has 0 bridgehead atoms. The minimum Gasteiger partial charge on any atom is -0.297 e. The van der Waals surface area contributed by atoms with Gasteiger partial charge in [-0.3, -0.25) is 14.3 Å². The van der Waals surface area contributed by atoms with E-state index in [0.717, 1.165) is 38.5 Å². The molecule has 1 aromatic heterocycles. The first-order valence-electron chi connectivity index (χ1n) is 7.53. The lowest BCUT2D eigenvalue weighted by atomic mass is 9.70. The molecule has 1 aromatic rings. The van der Waals surface area contributed by atoms with E-state index in [1.807, 2.05) is 0 Å². The first kappa shape index (κ1) is 13.9. The second kappa shape index (κ2) is 5.06. The Bertz CT molecular complexity index is 622. The van der Waals surface area contributed by atoms with Crippen molar-refractivity contribution in [3.8, 4) is 0 Å². The van der Waals surface area contributed by atoms with Crippen molar-refractivity contribution in [3.05, 3.63) is 31.6 Å². The zero-order valence-electron chi connectivity index (χ0n) is 11.9. The molecule has 0 saturated heterocycles. The smallest absolute Gasteiger partial charge is 0.297 e. The first-order valence-corrected chi connectivity index (χ1v) is 7.90. The average Bonchev–Trinajstić information content (AvgIpc) is 2.86. The van der Waals surface area contributed by atoms with Gasteiger partial charge >= 0.3 is 5.69 Å². The van der Waals surface area contributed by atoms with Gasteiger partial charge in [0, 0.05) is 6.54 Å². The fourth-order valence-corrected chi connectivity index (χ4v) is 3.91. The summed E-state index contributed by atoms with van der Waals surface area (Å²) in [6, 6.07) is 0. The summed E-state index contributed by atoms with van der Waals surface area (Å²) in [5, 5.41) is 0.252. The van der Waals surface area contributed by atoms with Crippen LogP contribution >= 0.6 is 11.6 Å². The van der Waals surface area contributed by atoms with Crippen molar-refractivity contribution in [3.63, 3.8) is 0 Å². The van der Waals surface area contributed by atoms with E-state index in [0.29, 0.717) is 12.1 Å². The Morgan fingerprint density at radius 2 is 1.90 bits per heavy atom. The first-order chi connectivity index (χ1) is 9.50. The van der Waals surface area contributed by atoms with E-state index in [1.54, 1.807) is 0 Å². The zero-order chi connectivity index (χ0) is 14.3. The summed E-state index contributed by atoms with van der Waals surface area (Å²) in [6.45, 7) is 2.66. The molecule has 0 aliphatic heterocycles. The maximum atomic E-state index is 12.7. The topological polar surface area (TPSA) is 54.9 Å². The maximum absolute atomic E-state index is 12.7. The van der Waals surface area contributed by atoms with E-state index in [9.17, 15) is 9.59 Å².